The van der Waals surface area contributed by atoms with E-state index in [-0.39, 0.29) is 17.9 Å². The van der Waals surface area contributed by atoms with Crippen LogP contribution in [-0.2, 0) is 0 Å². The second-order valence-corrected chi connectivity index (χ2v) is 8.47. The van der Waals surface area contributed by atoms with E-state index in [1.807, 2.05) is 31.2 Å². The van der Waals surface area contributed by atoms with Crippen LogP contribution < -0.4 is 9.64 Å². The zero-order valence-corrected chi connectivity index (χ0v) is 17.6. The molecule has 1 N–H and O–H groups in total. The second-order valence-electron chi connectivity index (χ2n) is 8.47. The predicted molar refractivity (Wildman–Crippen MR) is 118 cm³/mol. The van der Waals surface area contributed by atoms with Gasteiger partial charge in [0.1, 0.15) is 24.4 Å². The maximum absolute atomic E-state index is 13.5. The van der Waals surface area contributed by atoms with Crippen LogP contribution in [0.15, 0.2) is 60.7 Å². The first-order valence-electron chi connectivity index (χ1n) is 10.9. The maximum Gasteiger partial charge on any atom is 0.143 e. The highest BCUT2D eigenvalue weighted by Crippen LogP contribution is 2.41. The summed E-state index contributed by atoms with van der Waals surface area (Å²) in [7, 11) is 0. The fourth-order valence-corrected chi connectivity index (χ4v) is 4.65. The van der Waals surface area contributed by atoms with Gasteiger partial charge in [-0.3, -0.25) is 4.90 Å². The molecular weight excluding hydrogens is 379 g/mol. The second kappa shape index (κ2) is 9.19. The molecule has 0 aromatic heterocycles. The van der Waals surface area contributed by atoms with E-state index in [0.29, 0.717) is 6.61 Å². The zero-order valence-electron chi connectivity index (χ0n) is 17.6. The Morgan fingerprint density at radius 3 is 2.57 bits per heavy atom. The lowest BCUT2D eigenvalue weighted by molar-refractivity contribution is 0.0404. The molecule has 4 rings (SSSR count). The van der Waals surface area contributed by atoms with Crippen LogP contribution in [-0.4, -0.2) is 42.0 Å². The molecule has 30 heavy (non-hydrogen) atoms. The molecule has 1 fully saturated rings. The van der Waals surface area contributed by atoms with Gasteiger partial charge >= 0.3 is 0 Å². The molecular formula is C25H31FN2O2. The minimum absolute atomic E-state index is 0.00157. The van der Waals surface area contributed by atoms with E-state index < -0.39 is 6.23 Å². The average molecular weight is 411 g/mol. The summed E-state index contributed by atoms with van der Waals surface area (Å²) in [5.74, 6) is 0.509. The van der Waals surface area contributed by atoms with Crippen LogP contribution in [0.5, 0.6) is 5.75 Å². The van der Waals surface area contributed by atoms with Crippen molar-refractivity contribution in [2.24, 2.45) is 0 Å². The van der Waals surface area contributed by atoms with Gasteiger partial charge in [-0.05, 0) is 75.5 Å². The predicted octanol–water partition coefficient (Wildman–Crippen LogP) is 4.90. The number of rotatable bonds is 7. The van der Waals surface area contributed by atoms with Crippen LogP contribution in [0.3, 0.4) is 0 Å². The monoisotopic (exact) mass is 410 g/mol. The summed E-state index contributed by atoms with van der Waals surface area (Å²) in [6.45, 7) is 8.52. The number of halogens is 1. The highest BCUT2D eigenvalue weighted by molar-refractivity contribution is 5.62. The largest absolute Gasteiger partial charge is 0.489 e. The van der Waals surface area contributed by atoms with Crippen LogP contribution in [0.1, 0.15) is 44.2 Å². The lowest BCUT2D eigenvalue weighted by atomic mass is 9.98. The normalized spacial score (nSPS) is 21.0. The fourth-order valence-electron chi connectivity index (χ4n) is 4.65. The van der Waals surface area contributed by atoms with Gasteiger partial charge < -0.3 is 14.7 Å². The smallest absolute Gasteiger partial charge is 0.143 e. The Bertz CT molecular complexity index is 864. The first-order valence-corrected chi connectivity index (χ1v) is 10.9. The molecule has 5 heteroatoms. The van der Waals surface area contributed by atoms with Crippen LogP contribution in [0.4, 0.5) is 10.1 Å². The Labute approximate surface area is 178 Å². The third kappa shape index (κ3) is 4.37. The van der Waals surface area contributed by atoms with Gasteiger partial charge in [-0.25, -0.2) is 4.39 Å². The minimum Gasteiger partial charge on any atom is -0.489 e. The third-order valence-corrected chi connectivity index (χ3v) is 6.24. The first kappa shape index (κ1) is 20.9. The quantitative estimate of drug-likeness (QED) is 0.659. The number of hydrogen-bond acceptors (Lipinski definition) is 4. The minimum atomic E-state index is -0.706. The molecule has 0 spiro atoms. The number of ether oxygens (including phenoxy) is 1. The van der Waals surface area contributed by atoms with E-state index >= 15 is 0 Å². The van der Waals surface area contributed by atoms with Gasteiger partial charge in [0.05, 0.1) is 17.8 Å². The van der Waals surface area contributed by atoms with Crippen molar-refractivity contribution in [3.63, 3.8) is 0 Å². The number of anilines is 1. The summed E-state index contributed by atoms with van der Waals surface area (Å²) in [5.41, 5.74) is 2.94. The number of hydrogen-bond donors (Lipinski definition) is 1. The van der Waals surface area contributed by atoms with Crippen molar-refractivity contribution in [3.8, 4) is 5.75 Å². The summed E-state index contributed by atoms with van der Waals surface area (Å²) in [6, 6.07) is 14.2. The number of aliphatic hydroxyl groups is 1. The van der Waals surface area contributed by atoms with E-state index in [1.54, 1.807) is 12.1 Å². The van der Waals surface area contributed by atoms with Crippen molar-refractivity contribution in [2.75, 3.05) is 24.6 Å². The molecule has 0 amide bonds. The molecule has 0 bridgehead atoms. The zero-order chi connectivity index (χ0) is 21.1. The Balaban J connectivity index is 1.71. The average Bonchev–Trinajstić information content (AvgIpc) is 3.28. The number of allylic oxidation sites excluding steroid dienone is 1. The molecule has 0 radical (unpaired) electrons. The standard InChI is InChI=1S/C25H31FN2O2/c1-18(2)9-14-22(27-15-5-6-16-27)25(29)28-21-7-3-4-8-24(21)30-17-23(28)19-10-12-20(26)13-11-19/h3-4,7-8,10-13,22-23,25,29H,1,5-6,9,14-17H2,2H3. The van der Waals surface area contributed by atoms with Crippen LogP contribution in [0.25, 0.3) is 0 Å². The molecule has 4 nitrogen and oxygen atoms in total. The third-order valence-electron chi connectivity index (χ3n) is 6.24. The number of para-hydroxylation sites is 2. The van der Waals surface area contributed by atoms with Gasteiger partial charge in [-0.2, -0.15) is 0 Å². The van der Waals surface area contributed by atoms with Crippen LogP contribution in [0.2, 0.25) is 0 Å². The van der Waals surface area contributed by atoms with Crippen molar-refractivity contribution in [2.45, 2.75) is 50.9 Å². The summed E-state index contributed by atoms with van der Waals surface area (Å²) >= 11 is 0. The van der Waals surface area contributed by atoms with Crippen molar-refractivity contribution in [1.29, 1.82) is 0 Å². The molecule has 2 aliphatic rings. The van der Waals surface area contributed by atoms with Crippen LogP contribution in [0, 0.1) is 5.82 Å². The van der Waals surface area contributed by atoms with Crippen molar-refractivity contribution in [1.82, 2.24) is 4.90 Å². The number of nitrogens with zero attached hydrogens (tertiary/aromatic N) is 2. The summed E-state index contributed by atoms with van der Waals surface area (Å²) in [5, 5.41) is 11.8. The van der Waals surface area contributed by atoms with Crippen molar-refractivity contribution < 1.29 is 14.2 Å². The lowest BCUT2D eigenvalue weighted by Gasteiger charge is -2.46. The Morgan fingerprint density at radius 2 is 1.87 bits per heavy atom. The van der Waals surface area contributed by atoms with E-state index in [4.69, 9.17) is 4.74 Å². The molecule has 2 aromatic rings. The summed E-state index contributed by atoms with van der Waals surface area (Å²) in [6.07, 6.45) is 3.36. The van der Waals surface area contributed by atoms with Gasteiger partial charge in [0.15, 0.2) is 0 Å². The highest BCUT2D eigenvalue weighted by atomic mass is 19.1. The molecule has 3 atom stereocenters. The molecule has 0 saturated carbocycles. The molecule has 1 saturated heterocycles. The first-order chi connectivity index (χ1) is 14.5. The lowest BCUT2D eigenvalue weighted by Crippen LogP contribution is -2.54. The summed E-state index contributed by atoms with van der Waals surface area (Å²) < 4.78 is 19.6. The van der Waals surface area contributed by atoms with E-state index in [2.05, 4.69) is 16.4 Å². The van der Waals surface area contributed by atoms with Crippen molar-refractivity contribution in [3.05, 3.63) is 72.1 Å². The van der Waals surface area contributed by atoms with E-state index in [1.165, 1.54) is 12.1 Å². The number of likely N-dealkylation sites (tertiary alicyclic amines) is 1. The molecule has 2 aliphatic heterocycles. The fraction of sp³-hybridized carbons (Fsp3) is 0.440. The Morgan fingerprint density at radius 1 is 1.17 bits per heavy atom. The Kier molecular flexibility index (Phi) is 6.40. The number of fused-ring (bicyclic) bond motifs is 1. The topological polar surface area (TPSA) is 35.9 Å². The molecule has 2 aromatic carbocycles. The van der Waals surface area contributed by atoms with Gasteiger partial charge in [0.25, 0.3) is 0 Å². The Hall–Kier alpha value is -2.37. The van der Waals surface area contributed by atoms with Crippen molar-refractivity contribution >= 4 is 5.69 Å². The molecule has 0 aliphatic carbocycles. The number of benzene rings is 2. The van der Waals surface area contributed by atoms with E-state index in [9.17, 15) is 9.50 Å². The summed E-state index contributed by atoms with van der Waals surface area (Å²) in [4.78, 5) is 4.49. The van der Waals surface area contributed by atoms with Gasteiger partial charge in [0.2, 0.25) is 0 Å². The highest BCUT2D eigenvalue weighted by Gasteiger charge is 2.39. The molecule has 2 heterocycles. The van der Waals surface area contributed by atoms with Gasteiger partial charge in [-0.1, -0.05) is 29.8 Å². The maximum atomic E-state index is 13.5. The van der Waals surface area contributed by atoms with E-state index in [0.717, 1.165) is 61.3 Å². The molecule has 160 valence electrons. The van der Waals surface area contributed by atoms with Crippen LogP contribution >= 0.6 is 0 Å². The number of aliphatic hydroxyl groups excluding tert-OH is 1. The van der Waals surface area contributed by atoms with Gasteiger partial charge in [0, 0.05) is 0 Å². The SMILES string of the molecule is C=C(C)CCC(C(O)N1c2ccccc2OCC1c1ccc(F)cc1)N1CCCC1. The van der Waals surface area contributed by atoms with Gasteiger partial charge in [-0.15, -0.1) is 6.58 Å². The molecule has 3 unspecified atom stereocenters.